The van der Waals surface area contributed by atoms with Crippen LogP contribution in [0.5, 0.6) is 0 Å². The van der Waals surface area contributed by atoms with E-state index >= 15 is 0 Å². The lowest BCUT2D eigenvalue weighted by Crippen LogP contribution is -2.17. The maximum atomic E-state index is 11.6. The van der Waals surface area contributed by atoms with Crippen LogP contribution in [0.25, 0.3) is 6.08 Å². The van der Waals surface area contributed by atoms with Gasteiger partial charge in [-0.2, -0.15) is 0 Å². The minimum Gasteiger partial charge on any atom is -0.458 e. The van der Waals surface area contributed by atoms with Crippen molar-refractivity contribution in [3.63, 3.8) is 0 Å². The Morgan fingerprint density at radius 2 is 2.20 bits per heavy atom. The van der Waals surface area contributed by atoms with Crippen LogP contribution in [0.3, 0.4) is 0 Å². The quantitative estimate of drug-likeness (QED) is 0.294. The number of esters is 1. The van der Waals surface area contributed by atoms with Crippen molar-refractivity contribution in [2.24, 2.45) is 5.92 Å². The smallest absolute Gasteiger partial charge is 0.303 e. The van der Waals surface area contributed by atoms with Gasteiger partial charge in [-0.25, -0.2) is 4.98 Å². The second-order valence-corrected chi connectivity index (χ2v) is 9.40. The van der Waals surface area contributed by atoms with Gasteiger partial charge in [0.15, 0.2) is 6.29 Å². The highest BCUT2D eigenvalue weighted by Gasteiger charge is 2.17. The average molecular weight is 436 g/mol. The van der Waals surface area contributed by atoms with Crippen LogP contribution in [0.4, 0.5) is 0 Å². The van der Waals surface area contributed by atoms with E-state index < -0.39 is 0 Å². The molecule has 0 aliphatic carbocycles. The van der Waals surface area contributed by atoms with E-state index in [0.717, 1.165) is 61.6 Å². The zero-order valence-corrected chi connectivity index (χ0v) is 19.9. The molecule has 2 unspecified atom stereocenters. The Balaban J connectivity index is 1.77. The number of carbonyl (C=O) groups is 1. The number of thiazole rings is 1. The summed E-state index contributed by atoms with van der Waals surface area (Å²) in [5, 5.41) is 3.05. The van der Waals surface area contributed by atoms with Crippen LogP contribution in [-0.4, -0.2) is 36.6 Å². The van der Waals surface area contributed by atoms with Gasteiger partial charge in [-0.1, -0.05) is 18.6 Å². The van der Waals surface area contributed by atoms with Crippen LogP contribution in [0, 0.1) is 12.8 Å². The fourth-order valence-corrected chi connectivity index (χ4v) is 4.04. The van der Waals surface area contributed by atoms with Gasteiger partial charge < -0.3 is 14.2 Å². The maximum absolute atomic E-state index is 11.6. The number of allylic oxidation sites excluding steroid dienone is 1. The fraction of sp³-hybridized carbons (Fsp3) is 0.667. The van der Waals surface area contributed by atoms with Gasteiger partial charge in [0.1, 0.15) is 6.10 Å². The molecule has 1 saturated heterocycles. The lowest BCUT2D eigenvalue weighted by atomic mass is 10.00. The van der Waals surface area contributed by atoms with Gasteiger partial charge in [-0.3, -0.25) is 4.79 Å². The summed E-state index contributed by atoms with van der Waals surface area (Å²) >= 11 is 1.62. The Labute approximate surface area is 185 Å². The molecule has 1 aliphatic heterocycles. The second kappa shape index (κ2) is 13.0. The number of hydrogen-bond acceptors (Lipinski definition) is 6. The predicted molar refractivity (Wildman–Crippen MR) is 122 cm³/mol. The van der Waals surface area contributed by atoms with Crippen LogP contribution in [0.15, 0.2) is 22.6 Å². The van der Waals surface area contributed by atoms with Gasteiger partial charge in [-0.05, 0) is 64.0 Å². The Kier molecular flexibility index (Phi) is 10.8. The van der Waals surface area contributed by atoms with E-state index in [0.29, 0.717) is 12.3 Å². The van der Waals surface area contributed by atoms with Crippen molar-refractivity contribution in [3.8, 4) is 0 Å². The minimum atomic E-state index is -0.256. The molecule has 5 nitrogen and oxygen atoms in total. The first kappa shape index (κ1) is 24.8. The summed E-state index contributed by atoms with van der Waals surface area (Å²) in [5.74, 6) is 0.274. The third-order valence-electron chi connectivity index (χ3n) is 5.23. The van der Waals surface area contributed by atoms with Crippen LogP contribution in [0.2, 0.25) is 0 Å². The van der Waals surface area contributed by atoms with E-state index in [4.69, 9.17) is 14.2 Å². The number of carbonyl (C=O) groups excluding carboxylic acids is 1. The van der Waals surface area contributed by atoms with Crippen molar-refractivity contribution >= 4 is 23.4 Å². The lowest BCUT2D eigenvalue weighted by Gasteiger charge is -2.17. The molecule has 0 radical (unpaired) electrons. The molecule has 168 valence electrons. The van der Waals surface area contributed by atoms with Crippen molar-refractivity contribution in [2.45, 2.75) is 85.5 Å². The molecule has 0 bridgehead atoms. The summed E-state index contributed by atoms with van der Waals surface area (Å²) in [7, 11) is 0. The van der Waals surface area contributed by atoms with Crippen LogP contribution >= 0.6 is 11.3 Å². The van der Waals surface area contributed by atoms with Gasteiger partial charge in [0.05, 0.1) is 17.3 Å². The molecule has 1 fully saturated rings. The maximum Gasteiger partial charge on any atom is 0.303 e. The largest absolute Gasteiger partial charge is 0.458 e. The van der Waals surface area contributed by atoms with Crippen molar-refractivity contribution < 1.29 is 19.0 Å². The van der Waals surface area contributed by atoms with E-state index in [1.54, 1.807) is 11.3 Å². The Hall–Kier alpha value is -1.50. The lowest BCUT2D eigenvalue weighted by molar-refractivity contribution is -0.144. The summed E-state index contributed by atoms with van der Waals surface area (Å²) in [5.41, 5.74) is 3.27. The van der Waals surface area contributed by atoms with Gasteiger partial charge in [-0.15, -0.1) is 11.3 Å². The summed E-state index contributed by atoms with van der Waals surface area (Å²) < 4.78 is 16.9. The minimum absolute atomic E-state index is 0.0109. The van der Waals surface area contributed by atoms with E-state index in [9.17, 15) is 4.79 Å². The fourth-order valence-electron chi connectivity index (χ4n) is 3.47. The summed E-state index contributed by atoms with van der Waals surface area (Å²) in [4.78, 5) is 16.0. The first-order valence-corrected chi connectivity index (χ1v) is 11.9. The summed E-state index contributed by atoms with van der Waals surface area (Å²) in [6.45, 7) is 11.4. The molecular formula is C24H37NO4S. The molecule has 2 heterocycles. The Morgan fingerprint density at radius 1 is 1.40 bits per heavy atom. The third kappa shape index (κ3) is 9.54. The van der Waals surface area contributed by atoms with Crippen molar-refractivity contribution in [1.29, 1.82) is 0 Å². The standard InChI is InChI=1S/C24H37NO4S/c1-17(8-6-9-18(2)15-28-24-10-7-13-27-24)11-12-23(29-21(5)26)19(3)14-22-16-30-20(4)25-22/h11,14,16,18,23-24H,6-10,12-13,15H2,1-5H3/b17-11+,19-14+/t18-,23?,24?/m0/s1. The number of ether oxygens (including phenoxy) is 3. The molecule has 0 N–H and O–H groups in total. The second-order valence-electron chi connectivity index (χ2n) is 8.34. The summed E-state index contributed by atoms with van der Waals surface area (Å²) in [6.07, 6.45) is 10.1. The molecule has 0 amide bonds. The molecule has 6 heteroatoms. The number of aryl methyl sites for hydroxylation is 1. The first-order valence-electron chi connectivity index (χ1n) is 11.0. The van der Waals surface area contributed by atoms with Gasteiger partial charge in [0, 0.05) is 31.8 Å². The zero-order chi connectivity index (χ0) is 21.9. The Morgan fingerprint density at radius 3 is 2.83 bits per heavy atom. The van der Waals surface area contributed by atoms with Gasteiger partial charge in [0.2, 0.25) is 0 Å². The number of aromatic nitrogens is 1. The van der Waals surface area contributed by atoms with E-state index in [-0.39, 0.29) is 18.4 Å². The molecular weight excluding hydrogens is 398 g/mol. The van der Waals surface area contributed by atoms with Crippen molar-refractivity contribution in [1.82, 2.24) is 4.98 Å². The average Bonchev–Trinajstić information content (AvgIpc) is 3.34. The Bertz CT molecular complexity index is 719. The molecule has 1 aromatic heterocycles. The number of nitrogens with zero attached hydrogens (tertiary/aromatic N) is 1. The zero-order valence-electron chi connectivity index (χ0n) is 19.1. The molecule has 30 heavy (non-hydrogen) atoms. The molecule has 2 rings (SSSR count). The molecule has 1 aliphatic rings. The van der Waals surface area contributed by atoms with Crippen molar-refractivity contribution in [2.75, 3.05) is 13.2 Å². The monoisotopic (exact) mass is 435 g/mol. The van der Waals surface area contributed by atoms with Gasteiger partial charge >= 0.3 is 5.97 Å². The van der Waals surface area contributed by atoms with E-state index in [1.165, 1.54) is 12.5 Å². The highest BCUT2D eigenvalue weighted by Crippen LogP contribution is 2.20. The van der Waals surface area contributed by atoms with Crippen LogP contribution < -0.4 is 0 Å². The van der Waals surface area contributed by atoms with Crippen LogP contribution in [-0.2, 0) is 19.0 Å². The first-order chi connectivity index (χ1) is 14.3. The van der Waals surface area contributed by atoms with Crippen molar-refractivity contribution in [3.05, 3.63) is 33.3 Å². The topological polar surface area (TPSA) is 57.7 Å². The van der Waals surface area contributed by atoms with E-state index in [1.807, 2.05) is 25.3 Å². The van der Waals surface area contributed by atoms with E-state index in [2.05, 4.69) is 24.9 Å². The van der Waals surface area contributed by atoms with Crippen LogP contribution in [0.1, 0.15) is 76.9 Å². The highest BCUT2D eigenvalue weighted by molar-refractivity contribution is 7.09. The predicted octanol–water partition coefficient (Wildman–Crippen LogP) is 6.08. The normalized spacial score (nSPS) is 19.7. The highest BCUT2D eigenvalue weighted by atomic mass is 32.1. The molecule has 0 aromatic carbocycles. The summed E-state index contributed by atoms with van der Waals surface area (Å²) in [6, 6.07) is 0. The molecule has 0 saturated carbocycles. The molecule has 3 atom stereocenters. The van der Waals surface area contributed by atoms with Gasteiger partial charge in [0.25, 0.3) is 0 Å². The molecule has 1 aromatic rings. The SMILES string of the molecule is CC(=O)OC(C/C=C(\C)CCC[C@H](C)COC1CCCO1)/C(C)=C/c1csc(C)n1. The third-order valence-corrected chi connectivity index (χ3v) is 6.02. The molecule has 0 spiro atoms. The number of hydrogen-bond donors (Lipinski definition) is 0. The number of rotatable bonds is 12.